The molecule has 1 radical (unpaired) electrons. The van der Waals surface area contributed by atoms with Crippen molar-refractivity contribution in [3.05, 3.63) is 0 Å². The molecule has 1 fully saturated rings. The number of unbranched alkanes of at least 4 members (excludes halogenated alkanes) is 1. The van der Waals surface area contributed by atoms with E-state index in [1.807, 2.05) is 6.92 Å². The molecular formula is C7H11NNaO3. The van der Waals surface area contributed by atoms with Crippen LogP contribution in [0.3, 0.4) is 0 Å². The first-order chi connectivity index (χ1) is 5.24. The van der Waals surface area contributed by atoms with Gasteiger partial charge in [-0.25, -0.2) is 4.79 Å². The van der Waals surface area contributed by atoms with Gasteiger partial charge in [0, 0.05) is 29.6 Å². The monoisotopic (exact) mass is 180 g/mol. The number of imide groups is 1. The van der Waals surface area contributed by atoms with Gasteiger partial charge < -0.3 is 4.74 Å². The van der Waals surface area contributed by atoms with Crippen LogP contribution in [0.2, 0.25) is 0 Å². The normalized spacial score (nSPS) is 21.2. The average Bonchev–Trinajstić information content (AvgIpc) is 2.26. The molecule has 0 aliphatic carbocycles. The van der Waals surface area contributed by atoms with Crippen LogP contribution in [-0.4, -0.2) is 47.7 Å². The first-order valence-corrected chi connectivity index (χ1v) is 3.75. The molecule has 2 amide bonds. The number of ether oxygens (including phenoxy) is 1. The largest absolute Gasteiger partial charge is 0.436 e. The Morgan fingerprint density at radius 1 is 1.50 bits per heavy atom. The third-order valence-corrected chi connectivity index (χ3v) is 1.59. The van der Waals surface area contributed by atoms with Gasteiger partial charge in [0.25, 0.3) is 5.91 Å². The molecule has 0 saturated carbocycles. The Balaban J connectivity index is 0.00000121. The van der Waals surface area contributed by atoms with E-state index in [0.717, 1.165) is 12.8 Å². The fourth-order valence-electron chi connectivity index (χ4n) is 0.973. The van der Waals surface area contributed by atoms with Gasteiger partial charge >= 0.3 is 6.09 Å². The zero-order valence-electron chi connectivity index (χ0n) is 7.42. The van der Waals surface area contributed by atoms with Gasteiger partial charge in [0.15, 0.2) is 6.10 Å². The molecule has 5 heteroatoms. The molecule has 4 nitrogen and oxygen atoms in total. The summed E-state index contributed by atoms with van der Waals surface area (Å²) in [7, 11) is 0. The Labute approximate surface area is 93.3 Å². The number of hydrogen-bond acceptors (Lipinski definition) is 3. The molecule has 0 spiro atoms. The molecule has 0 aromatic heterocycles. The summed E-state index contributed by atoms with van der Waals surface area (Å²) in [5, 5.41) is 2.08. The predicted molar refractivity (Wildman–Crippen MR) is 43.7 cm³/mol. The number of carbonyl (C=O) groups is 2. The Kier molecular flexibility index (Phi) is 5.53. The van der Waals surface area contributed by atoms with Gasteiger partial charge in [0.05, 0.1) is 0 Å². The van der Waals surface area contributed by atoms with Gasteiger partial charge in [0.2, 0.25) is 0 Å². The second-order valence-electron chi connectivity index (χ2n) is 2.53. The summed E-state index contributed by atoms with van der Waals surface area (Å²) in [6.07, 6.45) is 1.39. The standard InChI is InChI=1S/C7H11NO3.Na/c1-2-3-4-5-6(9)8-7(10)11-5;/h5H,2-4H2,1H3,(H,8,9,10);. The third kappa shape index (κ3) is 3.13. The fraction of sp³-hybridized carbons (Fsp3) is 0.714. The van der Waals surface area contributed by atoms with Gasteiger partial charge in [-0.1, -0.05) is 13.3 Å². The van der Waals surface area contributed by atoms with Crippen LogP contribution >= 0.6 is 0 Å². The van der Waals surface area contributed by atoms with Crippen molar-refractivity contribution in [2.24, 2.45) is 0 Å². The van der Waals surface area contributed by atoms with Gasteiger partial charge in [-0.3, -0.25) is 10.1 Å². The zero-order valence-corrected chi connectivity index (χ0v) is 9.42. The smallest absolute Gasteiger partial charge is 0.414 e. The van der Waals surface area contributed by atoms with Crippen molar-refractivity contribution >= 4 is 41.6 Å². The minimum Gasteiger partial charge on any atom is -0.436 e. The van der Waals surface area contributed by atoms with Crippen molar-refractivity contribution in [1.29, 1.82) is 0 Å². The van der Waals surface area contributed by atoms with Gasteiger partial charge in [-0.15, -0.1) is 0 Å². The van der Waals surface area contributed by atoms with Crippen LogP contribution < -0.4 is 5.32 Å². The van der Waals surface area contributed by atoms with Crippen molar-refractivity contribution in [3.63, 3.8) is 0 Å². The van der Waals surface area contributed by atoms with Crippen molar-refractivity contribution in [1.82, 2.24) is 5.32 Å². The van der Waals surface area contributed by atoms with Crippen LogP contribution in [0.15, 0.2) is 0 Å². The first kappa shape index (κ1) is 11.9. The van der Waals surface area contributed by atoms with Crippen LogP contribution in [0.25, 0.3) is 0 Å². The quantitative estimate of drug-likeness (QED) is 0.641. The molecule has 1 atom stereocenters. The summed E-state index contributed by atoms with van der Waals surface area (Å²) in [6, 6.07) is 0. The summed E-state index contributed by atoms with van der Waals surface area (Å²) in [5.74, 6) is -0.302. The summed E-state index contributed by atoms with van der Waals surface area (Å²) in [6.45, 7) is 2.02. The number of nitrogens with one attached hydrogen (secondary N) is 1. The molecule has 1 heterocycles. The van der Waals surface area contributed by atoms with E-state index >= 15 is 0 Å². The number of rotatable bonds is 3. The van der Waals surface area contributed by atoms with Gasteiger partial charge in [-0.2, -0.15) is 0 Å². The molecule has 1 unspecified atom stereocenters. The topological polar surface area (TPSA) is 55.4 Å². The molecule has 12 heavy (non-hydrogen) atoms. The van der Waals surface area contributed by atoms with Crippen LogP contribution in [0.4, 0.5) is 4.79 Å². The second kappa shape index (κ2) is 5.56. The summed E-state index contributed by atoms with van der Waals surface area (Å²) in [4.78, 5) is 21.3. The van der Waals surface area contributed by atoms with Crippen molar-refractivity contribution in [3.8, 4) is 0 Å². The maximum Gasteiger partial charge on any atom is 0.414 e. The molecule has 1 aliphatic heterocycles. The molecular weight excluding hydrogens is 169 g/mol. The summed E-state index contributed by atoms with van der Waals surface area (Å²) < 4.78 is 4.68. The molecule has 1 N–H and O–H groups in total. The Morgan fingerprint density at radius 2 is 2.17 bits per heavy atom. The minimum atomic E-state index is -0.615. The van der Waals surface area contributed by atoms with E-state index < -0.39 is 12.2 Å². The van der Waals surface area contributed by atoms with E-state index in [0.29, 0.717) is 6.42 Å². The van der Waals surface area contributed by atoms with E-state index in [2.05, 4.69) is 10.1 Å². The molecule has 0 aromatic carbocycles. The van der Waals surface area contributed by atoms with Crippen LogP contribution in [0.1, 0.15) is 26.2 Å². The van der Waals surface area contributed by atoms with Crippen molar-refractivity contribution in [2.45, 2.75) is 32.3 Å². The SMILES string of the molecule is CCCCC1OC(=O)NC1=O.[Na]. The number of amides is 2. The number of hydrogen-bond donors (Lipinski definition) is 1. The molecule has 0 bridgehead atoms. The molecule has 1 rings (SSSR count). The van der Waals surface area contributed by atoms with E-state index in [9.17, 15) is 9.59 Å². The van der Waals surface area contributed by atoms with E-state index in [4.69, 9.17) is 0 Å². The summed E-state index contributed by atoms with van der Waals surface area (Å²) in [5.41, 5.74) is 0. The average molecular weight is 180 g/mol. The first-order valence-electron chi connectivity index (χ1n) is 3.75. The van der Waals surface area contributed by atoms with Crippen LogP contribution in [0.5, 0.6) is 0 Å². The predicted octanol–water partition coefficient (Wildman–Crippen LogP) is 0.431. The van der Waals surface area contributed by atoms with E-state index in [1.165, 1.54) is 0 Å². The minimum absolute atomic E-state index is 0. The van der Waals surface area contributed by atoms with Gasteiger partial charge in [0.1, 0.15) is 0 Å². The molecule has 63 valence electrons. The van der Waals surface area contributed by atoms with Crippen LogP contribution in [-0.2, 0) is 9.53 Å². The molecule has 1 aliphatic rings. The Morgan fingerprint density at radius 3 is 2.58 bits per heavy atom. The van der Waals surface area contributed by atoms with Crippen LogP contribution in [0, 0.1) is 0 Å². The molecule has 1 saturated heterocycles. The van der Waals surface area contributed by atoms with E-state index in [1.54, 1.807) is 0 Å². The molecule has 0 aromatic rings. The fourth-order valence-corrected chi connectivity index (χ4v) is 0.973. The summed E-state index contributed by atoms with van der Waals surface area (Å²) >= 11 is 0. The Bertz CT molecular complexity index is 183. The Hall–Kier alpha value is -0.0600. The van der Waals surface area contributed by atoms with Gasteiger partial charge in [-0.05, 0) is 12.8 Å². The van der Waals surface area contributed by atoms with E-state index in [-0.39, 0.29) is 35.5 Å². The maximum absolute atomic E-state index is 10.8. The zero-order chi connectivity index (χ0) is 8.27. The maximum atomic E-state index is 10.8. The second-order valence-corrected chi connectivity index (χ2v) is 2.53. The van der Waals surface area contributed by atoms with Crippen molar-refractivity contribution in [2.75, 3.05) is 0 Å². The third-order valence-electron chi connectivity index (χ3n) is 1.59. The number of carbonyl (C=O) groups excluding carboxylic acids is 2. The number of alkyl carbamates (subject to hydrolysis) is 1. The number of cyclic esters (lactones) is 1. The van der Waals surface area contributed by atoms with Crippen molar-refractivity contribution < 1.29 is 14.3 Å².